The standard InChI is InChI=1S/C15H9BrF6/c16-8-10-4-2-6-12(15(20,21)22)13(10)9-3-1-5-11(7-9)14(17,18)19/h1-7H,8H2. The van der Waals surface area contributed by atoms with Crippen LogP contribution in [0.5, 0.6) is 0 Å². The molecule has 0 heterocycles. The van der Waals surface area contributed by atoms with Gasteiger partial charge in [0.05, 0.1) is 11.1 Å². The molecule has 0 amide bonds. The number of alkyl halides is 7. The zero-order valence-electron chi connectivity index (χ0n) is 10.9. The molecular weight excluding hydrogens is 374 g/mol. The summed E-state index contributed by atoms with van der Waals surface area (Å²) in [6.45, 7) is 0. The van der Waals surface area contributed by atoms with Crippen LogP contribution in [0.4, 0.5) is 26.3 Å². The van der Waals surface area contributed by atoms with E-state index in [0.29, 0.717) is 0 Å². The SMILES string of the molecule is FC(F)(F)c1cccc(-c2c(CBr)cccc2C(F)(F)F)c1. The third-order valence-corrected chi connectivity index (χ3v) is 3.68. The second kappa shape index (κ2) is 5.95. The Hall–Kier alpha value is -1.50. The smallest absolute Gasteiger partial charge is 0.166 e. The zero-order valence-corrected chi connectivity index (χ0v) is 12.5. The molecule has 0 fully saturated rings. The highest BCUT2D eigenvalue weighted by molar-refractivity contribution is 9.08. The first kappa shape index (κ1) is 16.9. The highest BCUT2D eigenvalue weighted by atomic mass is 79.9. The van der Waals surface area contributed by atoms with Gasteiger partial charge < -0.3 is 0 Å². The molecule has 2 rings (SSSR count). The summed E-state index contributed by atoms with van der Waals surface area (Å²) in [7, 11) is 0. The van der Waals surface area contributed by atoms with Crippen molar-refractivity contribution < 1.29 is 26.3 Å². The van der Waals surface area contributed by atoms with Crippen molar-refractivity contribution in [2.24, 2.45) is 0 Å². The van der Waals surface area contributed by atoms with Gasteiger partial charge in [0.15, 0.2) is 0 Å². The molecule has 0 saturated heterocycles. The molecule has 0 aliphatic heterocycles. The quantitative estimate of drug-likeness (QED) is 0.423. The van der Waals surface area contributed by atoms with Gasteiger partial charge in [-0.05, 0) is 34.9 Å². The van der Waals surface area contributed by atoms with Crippen LogP contribution in [-0.4, -0.2) is 0 Å². The van der Waals surface area contributed by atoms with Gasteiger partial charge in [-0.2, -0.15) is 26.3 Å². The molecule has 118 valence electrons. The van der Waals surface area contributed by atoms with Gasteiger partial charge in [0.25, 0.3) is 0 Å². The van der Waals surface area contributed by atoms with Crippen LogP contribution in [0.25, 0.3) is 11.1 Å². The number of halogens is 7. The van der Waals surface area contributed by atoms with Crippen molar-refractivity contribution in [3.8, 4) is 11.1 Å². The summed E-state index contributed by atoms with van der Waals surface area (Å²) in [5.74, 6) is 0. The molecule has 0 aromatic heterocycles. The van der Waals surface area contributed by atoms with Gasteiger partial charge in [-0.1, -0.05) is 40.2 Å². The summed E-state index contributed by atoms with van der Waals surface area (Å²) in [5.41, 5.74) is -2.02. The summed E-state index contributed by atoms with van der Waals surface area (Å²) < 4.78 is 77.7. The van der Waals surface area contributed by atoms with Gasteiger partial charge in [0, 0.05) is 5.33 Å². The third-order valence-electron chi connectivity index (χ3n) is 3.08. The Labute approximate surface area is 130 Å². The van der Waals surface area contributed by atoms with E-state index in [1.54, 1.807) is 0 Å². The molecule has 0 unspecified atom stereocenters. The molecule has 0 N–H and O–H groups in total. The van der Waals surface area contributed by atoms with Crippen molar-refractivity contribution >= 4 is 15.9 Å². The average Bonchev–Trinajstić information content (AvgIpc) is 2.44. The van der Waals surface area contributed by atoms with Crippen molar-refractivity contribution in [1.29, 1.82) is 0 Å². The summed E-state index contributed by atoms with van der Waals surface area (Å²) in [5, 5.41) is 0.0997. The van der Waals surface area contributed by atoms with Gasteiger partial charge in [0.2, 0.25) is 0 Å². The highest BCUT2D eigenvalue weighted by Crippen LogP contribution is 2.41. The minimum Gasteiger partial charge on any atom is -0.166 e. The first-order valence-electron chi connectivity index (χ1n) is 6.07. The van der Waals surface area contributed by atoms with E-state index in [1.165, 1.54) is 18.2 Å². The average molecular weight is 383 g/mol. The lowest BCUT2D eigenvalue weighted by Gasteiger charge is -2.17. The number of rotatable bonds is 2. The first-order chi connectivity index (χ1) is 10.1. The molecule has 0 nitrogen and oxygen atoms in total. The van der Waals surface area contributed by atoms with Crippen molar-refractivity contribution in [2.75, 3.05) is 0 Å². The second-order valence-electron chi connectivity index (χ2n) is 4.55. The molecule has 22 heavy (non-hydrogen) atoms. The molecule has 0 aliphatic rings. The van der Waals surface area contributed by atoms with Gasteiger partial charge in [-0.15, -0.1) is 0 Å². The molecule has 7 heteroatoms. The van der Waals surface area contributed by atoms with E-state index in [0.717, 1.165) is 24.3 Å². The Bertz CT molecular complexity index is 672. The normalized spacial score (nSPS) is 12.5. The van der Waals surface area contributed by atoms with Crippen molar-refractivity contribution in [3.05, 3.63) is 59.2 Å². The largest absolute Gasteiger partial charge is 0.417 e. The number of hydrogen-bond donors (Lipinski definition) is 0. The lowest BCUT2D eigenvalue weighted by molar-refractivity contribution is -0.137. The molecule has 2 aromatic rings. The maximum atomic E-state index is 13.1. The van der Waals surface area contributed by atoms with E-state index < -0.39 is 23.5 Å². The topological polar surface area (TPSA) is 0 Å². The lowest BCUT2D eigenvalue weighted by atomic mass is 9.93. The zero-order chi connectivity index (χ0) is 16.5. The van der Waals surface area contributed by atoms with Gasteiger partial charge >= 0.3 is 12.4 Å². The number of hydrogen-bond acceptors (Lipinski definition) is 0. The number of benzene rings is 2. The van der Waals surface area contributed by atoms with E-state index in [1.807, 2.05) is 0 Å². The van der Waals surface area contributed by atoms with Crippen LogP contribution in [0.3, 0.4) is 0 Å². The fraction of sp³-hybridized carbons (Fsp3) is 0.200. The predicted molar refractivity (Wildman–Crippen MR) is 74.5 cm³/mol. The van der Waals surface area contributed by atoms with E-state index in [-0.39, 0.29) is 22.0 Å². The summed E-state index contributed by atoms with van der Waals surface area (Å²) >= 11 is 3.07. The maximum absolute atomic E-state index is 13.1. The lowest BCUT2D eigenvalue weighted by Crippen LogP contribution is -2.09. The van der Waals surface area contributed by atoms with E-state index in [2.05, 4.69) is 15.9 Å². The minimum atomic E-state index is -4.65. The molecule has 0 aliphatic carbocycles. The van der Waals surface area contributed by atoms with Crippen LogP contribution in [0, 0.1) is 0 Å². The fourth-order valence-corrected chi connectivity index (χ4v) is 2.61. The molecule has 0 bridgehead atoms. The Morgan fingerprint density at radius 2 is 1.45 bits per heavy atom. The summed E-state index contributed by atoms with van der Waals surface area (Å²) in [6, 6.07) is 7.44. The maximum Gasteiger partial charge on any atom is 0.417 e. The summed E-state index contributed by atoms with van der Waals surface area (Å²) in [6.07, 6.45) is -9.26. The highest BCUT2D eigenvalue weighted by Gasteiger charge is 2.35. The van der Waals surface area contributed by atoms with Crippen LogP contribution in [-0.2, 0) is 17.7 Å². The van der Waals surface area contributed by atoms with Crippen molar-refractivity contribution in [1.82, 2.24) is 0 Å². The van der Waals surface area contributed by atoms with Crippen LogP contribution in [0.15, 0.2) is 42.5 Å². The molecule has 0 saturated carbocycles. The van der Waals surface area contributed by atoms with Crippen molar-refractivity contribution in [3.63, 3.8) is 0 Å². The summed E-state index contributed by atoms with van der Waals surface area (Å²) in [4.78, 5) is 0. The molecule has 0 atom stereocenters. The monoisotopic (exact) mass is 382 g/mol. The Morgan fingerprint density at radius 1 is 0.818 bits per heavy atom. The van der Waals surface area contributed by atoms with Crippen molar-refractivity contribution in [2.45, 2.75) is 17.7 Å². The van der Waals surface area contributed by atoms with Gasteiger partial charge in [0.1, 0.15) is 0 Å². The van der Waals surface area contributed by atoms with Crippen LogP contribution < -0.4 is 0 Å². The Balaban J connectivity index is 2.71. The van der Waals surface area contributed by atoms with E-state index in [9.17, 15) is 26.3 Å². The van der Waals surface area contributed by atoms with Crippen LogP contribution >= 0.6 is 15.9 Å². The van der Waals surface area contributed by atoms with Crippen LogP contribution in [0.2, 0.25) is 0 Å². The molecule has 0 spiro atoms. The fourth-order valence-electron chi connectivity index (χ4n) is 2.14. The van der Waals surface area contributed by atoms with Crippen LogP contribution in [0.1, 0.15) is 16.7 Å². The minimum absolute atomic E-state index is 0.0997. The molecule has 0 radical (unpaired) electrons. The third kappa shape index (κ3) is 3.45. The Kier molecular flexibility index (Phi) is 4.56. The van der Waals surface area contributed by atoms with E-state index >= 15 is 0 Å². The Morgan fingerprint density at radius 3 is 2.00 bits per heavy atom. The predicted octanol–water partition coefficient (Wildman–Crippen LogP) is 6.29. The van der Waals surface area contributed by atoms with Gasteiger partial charge in [-0.3, -0.25) is 0 Å². The van der Waals surface area contributed by atoms with E-state index in [4.69, 9.17) is 0 Å². The molecule has 2 aromatic carbocycles. The second-order valence-corrected chi connectivity index (χ2v) is 5.11. The first-order valence-corrected chi connectivity index (χ1v) is 7.19. The van der Waals surface area contributed by atoms with Gasteiger partial charge in [-0.25, -0.2) is 0 Å². The molecular formula is C15H9BrF6.